The Kier molecular flexibility index (Phi) is 5.99. The van der Waals surface area contributed by atoms with Gasteiger partial charge in [0.1, 0.15) is 11.9 Å². The maximum absolute atomic E-state index is 8.74. The smallest absolute Gasteiger partial charge is 0.149 e. The Morgan fingerprint density at radius 2 is 2.22 bits per heavy atom. The lowest BCUT2D eigenvalue weighted by molar-refractivity contribution is 0.593. The molecule has 98 valence electrons. The number of rotatable bonds is 7. The van der Waals surface area contributed by atoms with Gasteiger partial charge in [-0.15, -0.1) is 0 Å². The number of nitriles is 1. The van der Waals surface area contributed by atoms with Crippen LogP contribution in [0, 0.1) is 11.3 Å². The van der Waals surface area contributed by atoms with Crippen molar-refractivity contribution in [1.29, 1.82) is 5.26 Å². The van der Waals surface area contributed by atoms with Gasteiger partial charge in [-0.2, -0.15) is 5.26 Å². The molecule has 3 N–H and O–H groups in total. The highest BCUT2D eigenvalue weighted by Gasteiger charge is 2.06. The Morgan fingerprint density at radius 3 is 2.83 bits per heavy atom. The average Bonchev–Trinajstić information content (AvgIpc) is 2.37. The monoisotopic (exact) mass is 246 g/mol. The SMILES string of the molecule is CCCCCCC(C)Nc1ncc(C#N)cc1N. The lowest BCUT2D eigenvalue weighted by atomic mass is 10.1. The number of nitrogens with two attached hydrogens (primary N) is 1. The number of nitrogens with one attached hydrogen (secondary N) is 1. The zero-order valence-corrected chi connectivity index (χ0v) is 11.2. The second kappa shape index (κ2) is 7.54. The molecule has 1 heterocycles. The first-order valence-corrected chi connectivity index (χ1v) is 6.59. The molecule has 0 aromatic carbocycles. The van der Waals surface area contributed by atoms with E-state index >= 15 is 0 Å². The number of anilines is 2. The van der Waals surface area contributed by atoms with E-state index in [2.05, 4.69) is 24.1 Å². The van der Waals surface area contributed by atoms with Crippen LogP contribution in [0.15, 0.2) is 12.3 Å². The van der Waals surface area contributed by atoms with Gasteiger partial charge in [0.2, 0.25) is 0 Å². The van der Waals surface area contributed by atoms with Crippen LogP contribution >= 0.6 is 0 Å². The van der Waals surface area contributed by atoms with E-state index in [1.54, 1.807) is 12.3 Å². The molecule has 0 saturated carbocycles. The maximum Gasteiger partial charge on any atom is 0.149 e. The number of hydrogen-bond donors (Lipinski definition) is 2. The minimum atomic E-state index is 0.351. The number of nitrogen functional groups attached to an aromatic ring is 1. The summed E-state index contributed by atoms with van der Waals surface area (Å²) in [5, 5.41) is 12.0. The lowest BCUT2D eigenvalue weighted by Gasteiger charge is -2.15. The summed E-state index contributed by atoms with van der Waals surface area (Å²) in [4.78, 5) is 4.17. The highest BCUT2D eigenvalue weighted by molar-refractivity contribution is 5.63. The Balaban J connectivity index is 2.44. The summed E-state index contributed by atoms with van der Waals surface area (Å²) in [6, 6.07) is 4.03. The third kappa shape index (κ3) is 4.62. The van der Waals surface area contributed by atoms with E-state index in [1.165, 1.54) is 25.7 Å². The number of nitrogens with zero attached hydrogens (tertiary/aromatic N) is 2. The van der Waals surface area contributed by atoms with Crippen LogP contribution < -0.4 is 11.1 Å². The predicted molar refractivity (Wildman–Crippen MR) is 75.2 cm³/mol. The molecule has 0 aliphatic heterocycles. The zero-order chi connectivity index (χ0) is 13.4. The molecule has 1 rings (SSSR count). The molecular weight excluding hydrogens is 224 g/mol. The fourth-order valence-electron chi connectivity index (χ4n) is 1.85. The van der Waals surface area contributed by atoms with Gasteiger partial charge in [-0.05, 0) is 19.4 Å². The van der Waals surface area contributed by atoms with Crippen molar-refractivity contribution >= 4 is 11.5 Å². The summed E-state index contributed by atoms with van der Waals surface area (Å²) < 4.78 is 0. The standard InChI is InChI=1S/C14H22N4/c1-3-4-5-6-7-11(2)18-14-13(16)8-12(9-15)10-17-14/h8,10-11H,3-7,16H2,1-2H3,(H,17,18). The van der Waals surface area contributed by atoms with Crippen LogP contribution in [0.2, 0.25) is 0 Å². The summed E-state index contributed by atoms with van der Waals surface area (Å²) >= 11 is 0. The Labute approximate surface area is 109 Å². The third-order valence-corrected chi connectivity index (χ3v) is 2.92. The third-order valence-electron chi connectivity index (χ3n) is 2.92. The minimum Gasteiger partial charge on any atom is -0.396 e. The summed E-state index contributed by atoms with van der Waals surface area (Å²) in [7, 11) is 0. The summed E-state index contributed by atoms with van der Waals surface area (Å²) in [6.45, 7) is 4.34. The van der Waals surface area contributed by atoms with E-state index in [-0.39, 0.29) is 0 Å². The molecular formula is C14H22N4. The normalized spacial score (nSPS) is 11.8. The van der Waals surface area contributed by atoms with Crippen LogP contribution in [-0.4, -0.2) is 11.0 Å². The molecule has 1 unspecified atom stereocenters. The van der Waals surface area contributed by atoms with Crippen molar-refractivity contribution in [3.05, 3.63) is 17.8 Å². The van der Waals surface area contributed by atoms with Gasteiger partial charge in [0.05, 0.1) is 11.3 Å². The van der Waals surface area contributed by atoms with Crippen molar-refractivity contribution in [3.8, 4) is 6.07 Å². The maximum atomic E-state index is 8.74. The van der Waals surface area contributed by atoms with Crippen molar-refractivity contribution < 1.29 is 0 Å². The van der Waals surface area contributed by atoms with Gasteiger partial charge in [-0.3, -0.25) is 0 Å². The van der Waals surface area contributed by atoms with Gasteiger partial charge in [-0.25, -0.2) is 4.98 Å². The fraction of sp³-hybridized carbons (Fsp3) is 0.571. The molecule has 0 bridgehead atoms. The quantitative estimate of drug-likeness (QED) is 0.724. The van der Waals surface area contributed by atoms with Crippen LogP contribution in [0.4, 0.5) is 11.5 Å². The predicted octanol–water partition coefficient (Wildman–Crippen LogP) is 3.31. The van der Waals surface area contributed by atoms with Gasteiger partial charge in [-0.1, -0.05) is 32.6 Å². The molecule has 0 fully saturated rings. The van der Waals surface area contributed by atoms with Crippen molar-refractivity contribution in [3.63, 3.8) is 0 Å². The molecule has 1 atom stereocenters. The Hall–Kier alpha value is -1.76. The van der Waals surface area contributed by atoms with Gasteiger partial charge in [0.15, 0.2) is 0 Å². The van der Waals surface area contributed by atoms with Gasteiger partial charge < -0.3 is 11.1 Å². The molecule has 0 spiro atoms. The van der Waals surface area contributed by atoms with Crippen molar-refractivity contribution in [1.82, 2.24) is 4.98 Å². The first-order valence-electron chi connectivity index (χ1n) is 6.59. The molecule has 1 aromatic rings. The second-order valence-electron chi connectivity index (χ2n) is 4.67. The molecule has 4 heteroatoms. The average molecular weight is 246 g/mol. The molecule has 0 saturated heterocycles. The van der Waals surface area contributed by atoms with Crippen LogP contribution in [0.25, 0.3) is 0 Å². The summed E-state index contributed by atoms with van der Waals surface area (Å²) in [6.07, 6.45) is 7.70. The van der Waals surface area contributed by atoms with Crippen LogP contribution in [0.3, 0.4) is 0 Å². The van der Waals surface area contributed by atoms with Gasteiger partial charge >= 0.3 is 0 Å². The summed E-state index contributed by atoms with van der Waals surface area (Å²) in [5.74, 6) is 0.678. The van der Waals surface area contributed by atoms with Crippen LogP contribution in [-0.2, 0) is 0 Å². The molecule has 4 nitrogen and oxygen atoms in total. The first-order chi connectivity index (χ1) is 8.67. The van der Waals surface area contributed by atoms with E-state index in [0.717, 1.165) is 6.42 Å². The van der Waals surface area contributed by atoms with E-state index in [0.29, 0.717) is 23.1 Å². The molecule has 0 aliphatic carbocycles. The fourth-order valence-corrected chi connectivity index (χ4v) is 1.85. The summed E-state index contributed by atoms with van der Waals surface area (Å²) in [5.41, 5.74) is 6.88. The second-order valence-corrected chi connectivity index (χ2v) is 4.67. The molecule has 0 amide bonds. The zero-order valence-electron chi connectivity index (χ0n) is 11.2. The van der Waals surface area contributed by atoms with E-state index < -0.39 is 0 Å². The van der Waals surface area contributed by atoms with Crippen LogP contribution in [0.1, 0.15) is 51.5 Å². The molecule has 1 aromatic heterocycles. The van der Waals surface area contributed by atoms with Crippen molar-refractivity contribution in [2.75, 3.05) is 11.1 Å². The van der Waals surface area contributed by atoms with E-state index in [1.807, 2.05) is 6.07 Å². The minimum absolute atomic E-state index is 0.351. The highest BCUT2D eigenvalue weighted by Crippen LogP contribution is 2.18. The lowest BCUT2D eigenvalue weighted by Crippen LogP contribution is -2.17. The number of aromatic nitrogens is 1. The first kappa shape index (κ1) is 14.3. The number of pyridine rings is 1. The Morgan fingerprint density at radius 1 is 1.44 bits per heavy atom. The molecule has 0 aliphatic rings. The molecule has 18 heavy (non-hydrogen) atoms. The van der Waals surface area contributed by atoms with Crippen LogP contribution in [0.5, 0.6) is 0 Å². The highest BCUT2D eigenvalue weighted by atomic mass is 15.0. The largest absolute Gasteiger partial charge is 0.396 e. The molecule has 0 radical (unpaired) electrons. The number of hydrogen-bond acceptors (Lipinski definition) is 4. The van der Waals surface area contributed by atoms with Gasteiger partial charge in [0, 0.05) is 12.2 Å². The van der Waals surface area contributed by atoms with E-state index in [9.17, 15) is 0 Å². The van der Waals surface area contributed by atoms with E-state index in [4.69, 9.17) is 11.0 Å². The van der Waals surface area contributed by atoms with Crippen molar-refractivity contribution in [2.24, 2.45) is 0 Å². The number of unbranched alkanes of at least 4 members (excludes halogenated alkanes) is 3. The van der Waals surface area contributed by atoms with Gasteiger partial charge in [0.25, 0.3) is 0 Å². The van der Waals surface area contributed by atoms with Crippen molar-refractivity contribution in [2.45, 2.75) is 52.0 Å². The topological polar surface area (TPSA) is 74.7 Å². The Bertz CT molecular complexity index is 409.